The van der Waals surface area contributed by atoms with Crippen LogP contribution < -0.4 is 0 Å². The highest BCUT2D eigenvalue weighted by atomic mass is 35.5. The lowest BCUT2D eigenvalue weighted by molar-refractivity contribution is 0.0979. The summed E-state index contributed by atoms with van der Waals surface area (Å²) < 4.78 is 0. The topological polar surface area (TPSA) is 40.9 Å². The molecule has 1 atom stereocenters. The molecule has 0 heterocycles. The monoisotopic (exact) mass is 303 g/mol. The van der Waals surface area contributed by atoms with Gasteiger partial charge in [-0.2, -0.15) is 5.26 Å². The van der Waals surface area contributed by atoms with Gasteiger partial charge >= 0.3 is 0 Å². The van der Waals surface area contributed by atoms with Crippen LogP contribution in [0.1, 0.15) is 27.4 Å². The van der Waals surface area contributed by atoms with Crippen LogP contribution in [0.3, 0.4) is 0 Å². The maximum atomic E-state index is 12.5. The molecular formula is C16H11Cl2NO. The standard InChI is InChI=1S/C16H11Cl2NO/c1-10-6-12(8-14(18)7-10)16(20)15(9-19)11-2-4-13(17)5-3-11/h2-8,15H,1H3. The zero-order valence-corrected chi connectivity index (χ0v) is 12.2. The number of nitrogens with zero attached hydrogens (tertiary/aromatic N) is 1. The minimum Gasteiger partial charge on any atom is -0.292 e. The Morgan fingerprint density at radius 3 is 2.30 bits per heavy atom. The van der Waals surface area contributed by atoms with E-state index in [1.807, 2.05) is 13.0 Å². The molecule has 2 nitrogen and oxygen atoms in total. The van der Waals surface area contributed by atoms with Gasteiger partial charge in [-0.1, -0.05) is 35.3 Å². The van der Waals surface area contributed by atoms with Gasteiger partial charge in [-0.05, 0) is 48.4 Å². The summed E-state index contributed by atoms with van der Waals surface area (Å²) in [5.74, 6) is -1.12. The SMILES string of the molecule is Cc1cc(Cl)cc(C(=O)C(C#N)c2ccc(Cl)cc2)c1. The highest BCUT2D eigenvalue weighted by Gasteiger charge is 2.22. The number of nitriles is 1. The average molecular weight is 304 g/mol. The summed E-state index contributed by atoms with van der Waals surface area (Å²) in [4.78, 5) is 12.5. The minimum atomic E-state index is -0.856. The molecule has 0 saturated heterocycles. The van der Waals surface area contributed by atoms with E-state index in [1.165, 1.54) is 0 Å². The molecule has 2 aromatic carbocycles. The molecule has 0 N–H and O–H groups in total. The van der Waals surface area contributed by atoms with E-state index < -0.39 is 5.92 Å². The number of hydrogen-bond acceptors (Lipinski definition) is 2. The Bertz CT molecular complexity index is 666. The van der Waals surface area contributed by atoms with E-state index in [0.717, 1.165) is 5.56 Å². The molecular weight excluding hydrogens is 293 g/mol. The first-order valence-corrected chi connectivity index (χ1v) is 6.73. The summed E-state index contributed by atoms with van der Waals surface area (Å²) >= 11 is 11.8. The first-order valence-electron chi connectivity index (χ1n) is 5.98. The summed E-state index contributed by atoms with van der Waals surface area (Å²) in [5, 5.41) is 10.3. The number of rotatable bonds is 3. The molecule has 0 aromatic heterocycles. The fraction of sp³-hybridized carbons (Fsp3) is 0.125. The Kier molecular flexibility index (Phi) is 4.44. The summed E-state index contributed by atoms with van der Waals surface area (Å²) in [5.41, 5.74) is 1.95. The van der Waals surface area contributed by atoms with Crippen LogP contribution >= 0.6 is 23.2 Å². The molecule has 2 aromatic rings. The predicted molar refractivity (Wildman–Crippen MR) is 80.3 cm³/mol. The summed E-state index contributed by atoms with van der Waals surface area (Å²) in [6, 6.07) is 13.8. The van der Waals surface area contributed by atoms with E-state index in [0.29, 0.717) is 21.2 Å². The number of hydrogen-bond donors (Lipinski definition) is 0. The molecule has 0 aliphatic carbocycles. The van der Waals surface area contributed by atoms with Crippen LogP contribution in [0.5, 0.6) is 0 Å². The Morgan fingerprint density at radius 1 is 1.10 bits per heavy atom. The van der Waals surface area contributed by atoms with Crippen molar-refractivity contribution in [3.8, 4) is 6.07 Å². The molecule has 4 heteroatoms. The minimum absolute atomic E-state index is 0.263. The van der Waals surface area contributed by atoms with E-state index in [1.54, 1.807) is 42.5 Å². The van der Waals surface area contributed by atoms with Crippen LogP contribution in [0.4, 0.5) is 0 Å². The molecule has 0 fully saturated rings. The lowest BCUT2D eigenvalue weighted by atomic mass is 9.91. The lowest BCUT2D eigenvalue weighted by Crippen LogP contribution is -2.11. The molecule has 0 aliphatic rings. The summed E-state index contributed by atoms with van der Waals surface area (Å²) in [6.45, 7) is 1.85. The van der Waals surface area contributed by atoms with Crippen molar-refractivity contribution in [2.75, 3.05) is 0 Å². The second-order valence-electron chi connectivity index (χ2n) is 4.50. The van der Waals surface area contributed by atoms with Gasteiger partial charge in [0, 0.05) is 15.6 Å². The molecule has 0 amide bonds. The van der Waals surface area contributed by atoms with Gasteiger partial charge in [-0.3, -0.25) is 4.79 Å². The van der Waals surface area contributed by atoms with E-state index in [9.17, 15) is 10.1 Å². The molecule has 0 saturated carbocycles. The van der Waals surface area contributed by atoms with E-state index in [-0.39, 0.29) is 5.78 Å². The second kappa shape index (κ2) is 6.09. The lowest BCUT2D eigenvalue weighted by Gasteiger charge is -2.10. The molecule has 100 valence electrons. The molecule has 0 bridgehead atoms. The van der Waals surface area contributed by atoms with E-state index >= 15 is 0 Å². The Hall–Kier alpha value is -1.82. The number of aryl methyl sites for hydroxylation is 1. The van der Waals surface area contributed by atoms with Gasteiger partial charge in [0.05, 0.1) is 6.07 Å². The van der Waals surface area contributed by atoms with Crippen molar-refractivity contribution in [3.05, 3.63) is 69.2 Å². The maximum absolute atomic E-state index is 12.5. The van der Waals surface area contributed by atoms with Crippen LogP contribution in [0.15, 0.2) is 42.5 Å². The van der Waals surface area contributed by atoms with Crippen LogP contribution in [0.25, 0.3) is 0 Å². The van der Waals surface area contributed by atoms with Crippen molar-refractivity contribution >= 4 is 29.0 Å². The van der Waals surface area contributed by atoms with Crippen molar-refractivity contribution in [3.63, 3.8) is 0 Å². The van der Waals surface area contributed by atoms with Crippen molar-refractivity contribution < 1.29 is 4.79 Å². The first kappa shape index (κ1) is 14.6. The number of halogens is 2. The smallest absolute Gasteiger partial charge is 0.184 e. The fourth-order valence-electron chi connectivity index (χ4n) is 1.99. The molecule has 0 spiro atoms. The zero-order chi connectivity index (χ0) is 14.7. The predicted octanol–water partition coefficient (Wildman–Crippen LogP) is 4.79. The van der Waals surface area contributed by atoms with Gasteiger partial charge in [-0.25, -0.2) is 0 Å². The quantitative estimate of drug-likeness (QED) is 0.765. The first-order chi connectivity index (χ1) is 9.51. The normalized spacial score (nSPS) is 11.7. The number of benzene rings is 2. The van der Waals surface area contributed by atoms with Gasteiger partial charge in [0.25, 0.3) is 0 Å². The third-order valence-electron chi connectivity index (χ3n) is 2.92. The fourth-order valence-corrected chi connectivity index (χ4v) is 2.40. The zero-order valence-electron chi connectivity index (χ0n) is 10.7. The summed E-state index contributed by atoms with van der Waals surface area (Å²) in [6.07, 6.45) is 0. The van der Waals surface area contributed by atoms with Crippen LogP contribution in [-0.4, -0.2) is 5.78 Å². The van der Waals surface area contributed by atoms with Gasteiger partial charge < -0.3 is 0 Å². The molecule has 20 heavy (non-hydrogen) atoms. The second-order valence-corrected chi connectivity index (χ2v) is 5.37. The van der Waals surface area contributed by atoms with Gasteiger partial charge in [0.2, 0.25) is 0 Å². The average Bonchev–Trinajstić information content (AvgIpc) is 2.40. The third kappa shape index (κ3) is 3.19. The summed E-state index contributed by atoms with van der Waals surface area (Å²) in [7, 11) is 0. The van der Waals surface area contributed by atoms with Gasteiger partial charge in [0.1, 0.15) is 5.92 Å². The van der Waals surface area contributed by atoms with Crippen molar-refractivity contribution in [1.82, 2.24) is 0 Å². The van der Waals surface area contributed by atoms with E-state index in [2.05, 4.69) is 0 Å². The Balaban J connectivity index is 2.39. The third-order valence-corrected chi connectivity index (χ3v) is 3.39. The Labute approximate surface area is 127 Å². The Morgan fingerprint density at radius 2 is 1.75 bits per heavy atom. The highest BCUT2D eigenvalue weighted by Crippen LogP contribution is 2.24. The van der Waals surface area contributed by atoms with E-state index in [4.69, 9.17) is 23.2 Å². The van der Waals surface area contributed by atoms with Crippen LogP contribution in [0, 0.1) is 18.3 Å². The molecule has 1 unspecified atom stereocenters. The molecule has 0 radical (unpaired) electrons. The number of Topliss-reactive ketones (excluding diaryl/α,β-unsaturated/α-hetero) is 1. The van der Waals surface area contributed by atoms with Crippen LogP contribution in [-0.2, 0) is 0 Å². The number of carbonyl (C=O) groups is 1. The van der Waals surface area contributed by atoms with Crippen molar-refractivity contribution in [1.29, 1.82) is 5.26 Å². The van der Waals surface area contributed by atoms with Gasteiger partial charge in [-0.15, -0.1) is 0 Å². The maximum Gasteiger partial charge on any atom is 0.184 e. The molecule has 2 rings (SSSR count). The largest absolute Gasteiger partial charge is 0.292 e. The number of ketones is 1. The van der Waals surface area contributed by atoms with Crippen LogP contribution in [0.2, 0.25) is 10.0 Å². The van der Waals surface area contributed by atoms with Crippen molar-refractivity contribution in [2.24, 2.45) is 0 Å². The highest BCUT2D eigenvalue weighted by molar-refractivity contribution is 6.31. The van der Waals surface area contributed by atoms with Gasteiger partial charge in [0.15, 0.2) is 5.78 Å². The molecule has 0 aliphatic heterocycles. The van der Waals surface area contributed by atoms with Crippen molar-refractivity contribution in [2.45, 2.75) is 12.8 Å². The number of carbonyl (C=O) groups excluding carboxylic acids is 1.